The minimum Gasteiger partial charge on any atom is -0.312 e. The summed E-state index contributed by atoms with van der Waals surface area (Å²) in [6.45, 7) is 0. The first kappa shape index (κ1) is 17.8. The first-order valence-corrected chi connectivity index (χ1v) is 11.3. The lowest BCUT2D eigenvalue weighted by molar-refractivity contribution is 0.600. The number of hydrogen-bond donors (Lipinski definition) is 0. The van der Waals surface area contributed by atoms with Gasteiger partial charge in [0.2, 0.25) is 0 Å². The summed E-state index contributed by atoms with van der Waals surface area (Å²) < 4.78 is 38.4. The fraction of sp³-hybridized carbons (Fsp3) is 0.278. The molecule has 2 heterocycles. The molecule has 0 radical (unpaired) electrons. The number of anilines is 1. The number of benzene rings is 2. The number of nitrogens with zero attached hydrogens (tertiary/aromatic N) is 2. The lowest BCUT2D eigenvalue weighted by Gasteiger charge is -2.26. The summed E-state index contributed by atoms with van der Waals surface area (Å²) in [6.07, 6.45) is 0. The Morgan fingerprint density at radius 2 is 1.88 bits per heavy atom. The number of sulfone groups is 1. The molecule has 0 saturated carbocycles. The number of aliphatic imine (C=N–C) groups is 1. The maximum Gasteiger partial charge on any atom is 0.164 e. The maximum atomic E-state index is 14.4. The van der Waals surface area contributed by atoms with Crippen LogP contribution >= 0.6 is 23.4 Å². The van der Waals surface area contributed by atoms with Gasteiger partial charge in [-0.3, -0.25) is 4.99 Å². The Kier molecular flexibility index (Phi) is 4.71. The van der Waals surface area contributed by atoms with Crippen LogP contribution in [0.15, 0.2) is 53.5 Å². The summed E-state index contributed by atoms with van der Waals surface area (Å²) in [7, 11) is -3.15. The summed E-state index contributed by atoms with van der Waals surface area (Å²) in [5.41, 5.74) is 1.44. The van der Waals surface area contributed by atoms with Gasteiger partial charge in [-0.15, -0.1) is 0 Å². The SMILES string of the molecule is O=S1(=O)C[C@H]2N=C(SCc3ccc(Cl)cc3)N(c3ccccc3F)[C@H]2C1. The maximum absolute atomic E-state index is 14.4. The molecule has 0 N–H and O–H groups in total. The Hall–Kier alpha value is -1.57. The molecule has 1 saturated heterocycles. The third kappa shape index (κ3) is 3.48. The highest BCUT2D eigenvalue weighted by Crippen LogP contribution is 2.36. The van der Waals surface area contributed by atoms with Crippen LogP contribution in [0.3, 0.4) is 0 Å². The minimum absolute atomic E-state index is 0.000502. The van der Waals surface area contributed by atoms with Crippen LogP contribution in [0, 0.1) is 5.82 Å². The molecule has 26 heavy (non-hydrogen) atoms. The Balaban J connectivity index is 1.63. The number of fused-ring (bicyclic) bond motifs is 1. The lowest BCUT2D eigenvalue weighted by atomic mass is 10.1. The van der Waals surface area contributed by atoms with E-state index in [-0.39, 0.29) is 29.4 Å². The summed E-state index contributed by atoms with van der Waals surface area (Å²) in [4.78, 5) is 6.37. The van der Waals surface area contributed by atoms with E-state index in [9.17, 15) is 12.8 Å². The van der Waals surface area contributed by atoms with E-state index in [1.54, 1.807) is 23.1 Å². The first-order chi connectivity index (χ1) is 12.4. The highest BCUT2D eigenvalue weighted by atomic mass is 35.5. The molecule has 0 bridgehead atoms. The molecule has 2 atom stereocenters. The van der Waals surface area contributed by atoms with Crippen LogP contribution < -0.4 is 4.90 Å². The van der Waals surface area contributed by atoms with Gasteiger partial charge in [0, 0.05) is 10.8 Å². The Morgan fingerprint density at radius 1 is 1.15 bits per heavy atom. The minimum atomic E-state index is -3.15. The van der Waals surface area contributed by atoms with Gasteiger partial charge in [-0.25, -0.2) is 12.8 Å². The van der Waals surface area contributed by atoms with Crippen molar-refractivity contribution in [3.63, 3.8) is 0 Å². The molecule has 2 aromatic carbocycles. The molecule has 0 aromatic heterocycles. The molecule has 2 aliphatic rings. The summed E-state index contributed by atoms with van der Waals surface area (Å²) >= 11 is 7.40. The van der Waals surface area contributed by atoms with Crippen molar-refractivity contribution in [3.05, 3.63) is 64.9 Å². The van der Waals surface area contributed by atoms with Crippen molar-refractivity contribution >= 4 is 44.1 Å². The fourth-order valence-electron chi connectivity index (χ4n) is 3.29. The van der Waals surface area contributed by atoms with Crippen LogP contribution in [0.25, 0.3) is 0 Å². The fourth-order valence-corrected chi connectivity index (χ4v) is 6.33. The van der Waals surface area contributed by atoms with E-state index in [0.717, 1.165) is 5.56 Å². The van der Waals surface area contributed by atoms with Gasteiger partial charge in [-0.1, -0.05) is 47.6 Å². The van der Waals surface area contributed by atoms with Crippen molar-refractivity contribution in [3.8, 4) is 0 Å². The zero-order chi connectivity index (χ0) is 18.3. The van der Waals surface area contributed by atoms with Crippen LogP contribution in [0.1, 0.15) is 5.56 Å². The molecule has 4 rings (SSSR count). The molecule has 0 unspecified atom stereocenters. The Morgan fingerprint density at radius 3 is 2.62 bits per heavy atom. The molecular formula is C18H16ClFN2O2S2. The summed E-state index contributed by atoms with van der Waals surface area (Å²) in [5, 5.41) is 1.33. The molecule has 2 aromatic rings. The molecule has 4 nitrogen and oxygen atoms in total. The van der Waals surface area contributed by atoms with E-state index >= 15 is 0 Å². The second-order valence-corrected chi connectivity index (χ2v) is 9.89. The first-order valence-electron chi connectivity index (χ1n) is 8.12. The van der Waals surface area contributed by atoms with Crippen LogP contribution in [0.4, 0.5) is 10.1 Å². The van der Waals surface area contributed by atoms with E-state index in [1.165, 1.54) is 17.8 Å². The van der Waals surface area contributed by atoms with Gasteiger partial charge in [0.25, 0.3) is 0 Å². The molecule has 0 amide bonds. The van der Waals surface area contributed by atoms with E-state index in [1.807, 2.05) is 24.3 Å². The predicted molar refractivity (Wildman–Crippen MR) is 105 cm³/mol. The second-order valence-electron chi connectivity index (χ2n) is 6.36. The molecule has 2 aliphatic heterocycles. The topological polar surface area (TPSA) is 49.7 Å². The number of halogens is 2. The number of amidine groups is 1. The number of hydrogen-bond acceptors (Lipinski definition) is 5. The quantitative estimate of drug-likeness (QED) is 0.773. The Bertz CT molecular complexity index is 963. The van der Waals surface area contributed by atoms with Crippen molar-refractivity contribution in [2.24, 2.45) is 4.99 Å². The van der Waals surface area contributed by atoms with Gasteiger partial charge in [0.1, 0.15) is 5.82 Å². The van der Waals surface area contributed by atoms with Crippen LogP contribution in [-0.4, -0.2) is 37.2 Å². The van der Waals surface area contributed by atoms with Crippen LogP contribution in [0.2, 0.25) is 5.02 Å². The van der Waals surface area contributed by atoms with Crippen molar-refractivity contribution in [1.82, 2.24) is 0 Å². The summed E-state index contributed by atoms with van der Waals surface area (Å²) in [6, 6.07) is 13.2. The van der Waals surface area contributed by atoms with Gasteiger partial charge in [0.15, 0.2) is 15.0 Å². The van der Waals surface area contributed by atoms with E-state index in [2.05, 4.69) is 4.99 Å². The van der Waals surface area contributed by atoms with Gasteiger partial charge in [-0.2, -0.15) is 0 Å². The van der Waals surface area contributed by atoms with E-state index < -0.39 is 9.84 Å². The van der Waals surface area contributed by atoms with Crippen molar-refractivity contribution in [2.75, 3.05) is 16.4 Å². The zero-order valence-corrected chi connectivity index (χ0v) is 16.1. The molecule has 136 valence electrons. The largest absolute Gasteiger partial charge is 0.312 e. The average molecular weight is 411 g/mol. The molecule has 0 aliphatic carbocycles. The van der Waals surface area contributed by atoms with E-state index in [4.69, 9.17) is 11.6 Å². The standard InChI is InChI=1S/C18H16ClFN2O2S2/c19-13-7-5-12(6-8-13)9-25-18-21-15-10-26(23,24)11-17(15)22(18)16-4-2-1-3-14(16)20/h1-8,15,17H,9-11H2/t15-,17+/m1/s1. The third-order valence-electron chi connectivity index (χ3n) is 4.50. The summed E-state index contributed by atoms with van der Waals surface area (Å²) in [5.74, 6) is 0.290. The van der Waals surface area contributed by atoms with Gasteiger partial charge in [-0.05, 0) is 29.8 Å². The van der Waals surface area contributed by atoms with Crippen molar-refractivity contribution in [2.45, 2.75) is 17.8 Å². The lowest BCUT2D eigenvalue weighted by Crippen LogP contribution is -2.39. The normalized spacial score (nSPS) is 23.8. The second kappa shape index (κ2) is 6.87. The van der Waals surface area contributed by atoms with Crippen molar-refractivity contribution < 1.29 is 12.8 Å². The van der Waals surface area contributed by atoms with Crippen LogP contribution in [-0.2, 0) is 15.6 Å². The smallest absolute Gasteiger partial charge is 0.164 e. The van der Waals surface area contributed by atoms with Crippen LogP contribution in [0.5, 0.6) is 0 Å². The highest BCUT2D eigenvalue weighted by Gasteiger charge is 2.47. The monoisotopic (exact) mass is 410 g/mol. The van der Waals surface area contributed by atoms with E-state index in [0.29, 0.717) is 21.6 Å². The Labute approximate surface area is 161 Å². The van der Waals surface area contributed by atoms with Gasteiger partial charge < -0.3 is 4.90 Å². The predicted octanol–water partition coefficient (Wildman–Crippen LogP) is 3.75. The molecule has 1 fully saturated rings. The highest BCUT2D eigenvalue weighted by molar-refractivity contribution is 8.13. The van der Waals surface area contributed by atoms with Gasteiger partial charge >= 0.3 is 0 Å². The van der Waals surface area contributed by atoms with Crippen molar-refractivity contribution in [1.29, 1.82) is 0 Å². The molecule has 0 spiro atoms. The molecular weight excluding hydrogens is 395 g/mol. The average Bonchev–Trinajstić information content (AvgIpc) is 3.06. The zero-order valence-electron chi connectivity index (χ0n) is 13.7. The molecule has 8 heteroatoms. The number of rotatable bonds is 3. The number of para-hydroxylation sites is 1. The number of thioether (sulfide) groups is 1. The third-order valence-corrected chi connectivity index (χ3v) is 7.49. The van der Waals surface area contributed by atoms with Gasteiger partial charge in [0.05, 0.1) is 29.3 Å².